The van der Waals surface area contributed by atoms with Crippen molar-refractivity contribution in [2.24, 2.45) is 5.41 Å². The highest BCUT2D eigenvalue weighted by molar-refractivity contribution is 5.15. The number of aliphatic hydroxyl groups is 2. The summed E-state index contributed by atoms with van der Waals surface area (Å²) in [6.45, 7) is 4.94. The Hall–Kier alpha value is -0.900. The fourth-order valence-electron chi connectivity index (χ4n) is 1.58. The lowest BCUT2D eigenvalue weighted by atomic mass is 9.94. The average Bonchev–Trinajstić information content (AvgIpc) is 2.35. The van der Waals surface area contributed by atoms with Crippen molar-refractivity contribution in [2.45, 2.75) is 26.3 Å². The van der Waals surface area contributed by atoms with Gasteiger partial charge in [0.1, 0.15) is 0 Å². The van der Waals surface area contributed by atoms with Crippen LogP contribution in [0.1, 0.15) is 19.4 Å². The Morgan fingerprint density at radius 1 is 1.18 bits per heavy atom. The second-order valence-corrected chi connectivity index (χ2v) is 5.27. The second kappa shape index (κ2) is 6.74. The van der Waals surface area contributed by atoms with E-state index in [2.05, 4.69) is 17.4 Å². The van der Waals surface area contributed by atoms with Crippen molar-refractivity contribution in [3.63, 3.8) is 0 Å². The van der Waals surface area contributed by atoms with Crippen LogP contribution in [0.2, 0.25) is 0 Å². The predicted octanol–water partition coefficient (Wildman–Crippen LogP) is 1.20. The van der Waals surface area contributed by atoms with Crippen LogP contribution in [0.15, 0.2) is 30.3 Å². The molecule has 0 aliphatic heterocycles. The van der Waals surface area contributed by atoms with Gasteiger partial charge < -0.3 is 15.5 Å². The van der Waals surface area contributed by atoms with Crippen molar-refractivity contribution >= 4 is 0 Å². The standard InChI is InChI=1S/C14H23NO2/c1-14(2,11-17)10-15-13(9-16)8-12-6-4-3-5-7-12/h3-7,13,15-17H,8-11H2,1-2H3. The Kier molecular flexibility index (Phi) is 5.62. The van der Waals surface area contributed by atoms with E-state index in [9.17, 15) is 5.11 Å². The quantitative estimate of drug-likeness (QED) is 0.668. The minimum Gasteiger partial charge on any atom is -0.396 e. The molecule has 1 aromatic carbocycles. The topological polar surface area (TPSA) is 52.5 Å². The summed E-state index contributed by atoms with van der Waals surface area (Å²) in [5.74, 6) is 0. The lowest BCUT2D eigenvalue weighted by Gasteiger charge is -2.25. The van der Waals surface area contributed by atoms with Gasteiger partial charge in [-0.25, -0.2) is 0 Å². The maximum Gasteiger partial charge on any atom is 0.0587 e. The van der Waals surface area contributed by atoms with Crippen molar-refractivity contribution < 1.29 is 10.2 Å². The Bertz CT molecular complexity index is 311. The van der Waals surface area contributed by atoms with E-state index in [1.165, 1.54) is 5.56 Å². The molecule has 0 aliphatic carbocycles. The summed E-state index contributed by atoms with van der Waals surface area (Å²) in [6, 6.07) is 10.1. The van der Waals surface area contributed by atoms with Gasteiger partial charge in [0.25, 0.3) is 0 Å². The summed E-state index contributed by atoms with van der Waals surface area (Å²) < 4.78 is 0. The first kappa shape index (κ1) is 14.2. The maximum absolute atomic E-state index is 9.33. The average molecular weight is 237 g/mol. The molecule has 0 aliphatic rings. The van der Waals surface area contributed by atoms with Gasteiger partial charge in [0.15, 0.2) is 0 Å². The van der Waals surface area contributed by atoms with Gasteiger partial charge in [-0.3, -0.25) is 0 Å². The van der Waals surface area contributed by atoms with Crippen molar-refractivity contribution in [3.05, 3.63) is 35.9 Å². The summed E-state index contributed by atoms with van der Waals surface area (Å²) >= 11 is 0. The Morgan fingerprint density at radius 2 is 1.82 bits per heavy atom. The molecule has 17 heavy (non-hydrogen) atoms. The van der Waals surface area contributed by atoms with Gasteiger partial charge in [-0.1, -0.05) is 44.2 Å². The molecule has 96 valence electrons. The molecule has 0 heterocycles. The molecular weight excluding hydrogens is 214 g/mol. The molecule has 1 unspecified atom stereocenters. The molecule has 1 rings (SSSR count). The summed E-state index contributed by atoms with van der Waals surface area (Å²) in [5, 5.41) is 21.8. The minimum absolute atomic E-state index is 0.0447. The van der Waals surface area contributed by atoms with E-state index >= 15 is 0 Å². The number of benzene rings is 1. The van der Waals surface area contributed by atoms with Gasteiger partial charge in [-0.15, -0.1) is 0 Å². The molecule has 0 saturated heterocycles. The largest absolute Gasteiger partial charge is 0.396 e. The fraction of sp³-hybridized carbons (Fsp3) is 0.571. The molecule has 3 N–H and O–H groups in total. The summed E-state index contributed by atoms with van der Waals surface area (Å²) in [4.78, 5) is 0. The smallest absolute Gasteiger partial charge is 0.0587 e. The first-order valence-corrected chi connectivity index (χ1v) is 6.06. The maximum atomic E-state index is 9.33. The summed E-state index contributed by atoms with van der Waals surface area (Å²) in [5.41, 5.74) is 1.06. The molecule has 0 bridgehead atoms. The van der Waals surface area contributed by atoms with E-state index in [0.29, 0.717) is 6.54 Å². The zero-order valence-electron chi connectivity index (χ0n) is 10.7. The highest BCUT2D eigenvalue weighted by atomic mass is 16.3. The van der Waals surface area contributed by atoms with E-state index in [1.54, 1.807) is 0 Å². The molecule has 0 saturated carbocycles. The van der Waals surface area contributed by atoms with Gasteiger partial charge in [0.2, 0.25) is 0 Å². The Labute approximate surface area is 103 Å². The molecule has 0 spiro atoms. The third-order valence-electron chi connectivity index (χ3n) is 2.84. The van der Waals surface area contributed by atoms with Crippen LogP contribution in [0.3, 0.4) is 0 Å². The number of aliphatic hydroxyl groups excluding tert-OH is 2. The summed E-state index contributed by atoms with van der Waals surface area (Å²) in [7, 11) is 0. The van der Waals surface area contributed by atoms with Crippen molar-refractivity contribution in [3.8, 4) is 0 Å². The molecule has 0 amide bonds. The van der Waals surface area contributed by atoms with Crippen molar-refractivity contribution in [2.75, 3.05) is 19.8 Å². The molecule has 1 aromatic rings. The number of nitrogens with one attached hydrogen (secondary N) is 1. The molecule has 3 heteroatoms. The second-order valence-electron chi connectivity index (χ2n) is 5.27. The van der Waals surface area contributed by atoms with E-state index in [1.807, 2.05) is 32.0 Å². The third-order valence-corrected chi connectivity index (χ3v) is 2.84. The molecular formula is C14H23NO2. The number of hydrogen-bond acceptors (Lipinski definition) is 3. The summed E-state index contributed by atoms with van der Waals surface area (Å²) in [6.07, 6.45) is 0.804. The van der Waals surface area contributed by atoms with Crippen LogP contribution in [-0.2, 0) is 6.42 Å². The minimum atomic E-state index is -0.149. The van der Waals surface area contributed by atoms with Crippen LogP contribution in [0.4, 0.5) is 0 Å². The van der Waals surface area contributed by atoms with Gasteiger partial charge in [-0.05, 0) is 12.0 Å². The molecule has 3 nitrogen and oxygen atoms in total. The van der Waals surface area contributed by atoms with Gasteiger partial charge >= 0.3 is 0 Å². The Morgan fingerprint density at radius 3 is 2.35 bits per heavy atom. The number of rotatable bonds is 7. The molecule has 0 fully saturated rings. The van der Waals surface area contributed by atoms with Crippen LogP contribution in [-0.4, -0.2) is 36.0 Å². The van der Waals surface area contributed by atoms with Crippen molar-refractivity contribution in [1.82, 2.24) is 5.32 Å². The lowest BCUT2D eigenvalue weighted by Crippen LogP contribution is -2.41. The first-order valence-electron chi connectivity index (χ1n) is 6.06. The van der Waals surface area contributed by atoms with E-state index in [4.69, 9.17) is 5.11 Å². The van der Waals surface area contributed by atoms with E-state index in [-0.39, 0.29) is 24.7 Å². The highest BCUT2D eigenvalue weighted by Crippen LogP contribution is 2.12. The Balaban J connectivity index is 2.44. The zero-order chi connectivity index (χ0) is 12.7. The third kappa shape index (κ3) is 5.31. The van der Waals surface area contributed by atoms with E-state index < -0.39 is 0 Å². The van der Waals surface area contributed by atoms with Crippen LogP contribution in [0, 0.1) is 5.41 Å². The highest BCUT2D eigenvalue weighted by Gasteiger charge is 2.18. The van der Waals surface area contributed by atoms with Crippen molar-refractivity contribution in [1.29, 1.82) is 0 Å². The zero-order valence-corrected chi connectivity index (χ0v) is 10.7. The number of hydrogen-bond donors (Lipinski definition) is 3. The van der Waals surface area contributed by atoms with Gasteiger partial charge in [0, 0.05) is 24.6 Å². The lowest BCUT2D eigenvalue weighted by molar-refractivity contribution is 0.145. The first-order chi connectivity index (χ1) is 8.07. The molecule has 0 radical (unpaired) electrons. The fourth-order valence-corrected chi connectivity index (χ4v) is 1.58. The van der Waals surface area contributed by atoms with Gasteiger partial charge in [-0.2, -0.15) is 0 Å². The van der Waals surface area contributed by atoms with Crippen LogP contribution >= 0.6 is 0 Å². The van der Waals surface area contributed by atoms with Gasteiger partial charge in [0.05, 0.1) is 6.61 Å². The predicted molar refractivity (Wildman–Crippen MR) is 69.9 cm³/mol. The SMILES string of the molecule is CC(C)(CO)CNC(CO)Cc1ccccc1. The van der Waals surface area contributed by atoms with Crippen LogP contribution in [0.25, 0.3) is 0 Å². The van der Waals surface area contributed by atoms with E-state index in [0.717, 1.165) is 6.42 Å². The normalized spacial score (nSPS) is 13.6. The van der Waals surface area contributed by atoms with Crippen LogP contribution < -0.4 is 5.32 Å². The molecule has 1 atom stereocenters. The monoisotopic (exact) mass is 237 g/mol. The molecule has 0 aromatic heterocycles. The van der Waals surface area contributed by atoms with Crippen LogP contribution in [0.5, 0.6) is 0 Å².